The monoisotopic (exact) mass is 2220 g/mol. The van der Waals surface area contributed by atoms with Gasteiger partial charge in [0.1, 0.15) is 9.75 Å². The molecule has 0 aromatic carbocycles. The molecule has 0 radical (unpaired) electrons. The standard InChI is InChI=1S/C124H158N2O4S15/c1-9-17-25-33-41-49-57-87-65-73-101(131-87)95-81-109(139-117(95)105-77-69-91(135-105)61-53-45-37-29-21-13-5)99-85-113(143-121(99)111-83-97(103-75-67-89(133-103)59-51-43-35-27-19-11-3)119(141-111)107-79-71-93(137-107)63-55-47-39-31-23-15-7)123-115(125(127)128)116(126(129)130)124(145-123)114-86-100(110-82-96(102-74-66-88(132-102)58-50-42-34-26-18-10-2)118(140-110)106-78-70-92(136-106)62-54-46-38-30-22-14-6)122(144-114)112-84-98(104-76-68-90(134-104)60-52-44-36-28-20-12-4)120(142-112)108-80-72-94(138-108)64-56-48-40-32-24-16-8/h65-86H,9-64H2,1-8H3. The topological polar surface area (TPSA) is 86.3 Å². The molecular weight excluding hydrogens is 2060 g/mol. The van der Waals surface area contributed by atoms with E-state index in [1.54, 1.807) is 22.7 Å². The molecule has 0 aliphatic heterocycles. The Hall–Kier alpha value is -5.70. The summed E-state index contributed by atoms with van der Waals surface area (Å²) < 4.78 is 0. The van der Waals surface area contributed by atoms with E-state index >= 15 is 0 Å². The molecule has 0 spiro atoms. The highest BCUT2D eigenvalue weighted by atomic mass is 32.2. The zero-order valence-electron chi connectivity index (χ0n) is 88.0. The van der Waals surface area contributed by atoms with Gasteiger partial charge < -0.3 is 0 Å². The van der Waals surface area contributed by atoms with Gasteiger partial charge in [0.2, 0.25) is 0 Å². The number of unbranched alkanes of at least 4 members (excludes halogenated alkanes) is 40. The number of hydrogen-bond acceptors (Lipinski definition) is 19. The van der Waals surface area contributed by atoms with Crippen LogP contribution in [-0.2, 0) is 51.4 Å². The Morgan fingerprint density at radius 2 is 0.303 bits per heavy atom. The largest absolute Gasteiger partial charge is 0.366 e. The number of hydrogen-bond donors (Lipinski definition) is 0. The maximum atomic E-state index is 14.9. The fraction of sp³-hybridized carbons (Fsp3) is 0.516. The van der Waals surface area contributed by atoms with Gasteiger partial charge in [-0.2, -0.15) is 0 Å². The first-order chi connectivity index (χ1) is 71.2. The van der Waals surface area contributed by atoms with Crippen molar-refractivity contribution < 1.29 is 9.85 Å². The second-order valence-corrected chi connectivity index (χ2v) is 57.0. The fourth-order valence-corrected chi connectivity index (χ4v) is 38.3. The molecule has 0 amide bonds. The van der Waals surface area contributed by atoms with Gasteiger partial charge >= 0.3 is 11.4 Å². The van der Waals surface area contributed by atoms with Gasteiger partial charge in [0.05, 0.1) is 48.9 Å². The molecule has 0 aliphatic carbocycles. The summed E-state index contributed by atoms with van der Waals surface area (Å²) in [6.45, 7) is 18.4. The Bertz CT molecular complexity index is 5370. The van der Waals surface area contributed by atoms with E-state index in [0.29, 0.717) is 19.5 Å². The summed E-state index contributed by atoms with van der Waals surface area (Å²) in [4.78, 5) is 64.0. The molecule has 0 fully saturated rings. The molecule has 778 valence electrons. The van der Waals surface area contributed by atoms with E-state index in [1.807, 2.05) is 136 Å². The highest BCUT2D eigenvalue weighted by Crippen LogP contribution is 2.63. The maximum absolute atomic E-state index is 14.9. The molecule has 0 saturated heterocycles. The Labute approximate surface area is 929 Å². The van der Waals surface area contributed by atoms with E-state index in [-0.39, 0.29) is 0 Å². The van der Waals surface area contributed by atoms with E-state index in [9.17, 15) is 20.2 Å². The molecule has 15 aromatic heterocycles. The van der Waals surface area contributed by atoms with Crippen molar-refractivity contribution >= 4 is 181 Å². The zero-order chi connectivity index (χ0) is 101. The number of aryl methyl sites for hydroxylation is 8. The number of nitro groups is 2. The van der Waals surface area contributed by atoms with Crippen molar-refractivity contribution in [3.05, 3.63) is 193 Å². The van der Waals surface area contributed by atoms with E-state index in [4.69, 9.17) is 0 Å². The Morgan fingerprint density at radius 3 is 0.497 bits per heavy atom. The van der Waals surface area contributed by atoms with Crippen molar-refractivity contribution in [2.75, 3.05) is 0 Å². The van der Waals surface area contributed by atoms with Crippen molar-refractivity contribution in [3.63, 3.8) is 0 Å². The fourth-order valence-electron chi connectivity index (χ4n) is 20.1. The highest BCUT2D eigenvalue weighted by Gasteiger charge is 2.41. The van der Waals surface area contributed by atoms with Gasteiger partial charge in [0.25, 0.3) is 0 Å². The summed E-state index contributed by atoms with van der Waals surface area (Å²) >= 11 is 27.4. The lowest BCUT2D eigenvalue weighted by Gasteiger charge is -2.01. The van der Waals surface area contributed by atoms with Crippen molar-refractivity contribution in [1.29, 1.82) is 0 Å². The SMILES string of the molecule is CCCCCCCCc1ccc(-c2cc(-c3cc(-c4sc(-c5cc(-c6cc(-c7ccc(CCCCCCCC)s7)c(-c7ccc(CCCCCCCC)s7)s6)c(-c6cc(-c7ccc(CCCCCCCC)s7)c(-c7ccc(CCCCCCCC)s7)s6)s5)c([N+](=O)[O-])c4[N+](=O)[O-])sc3-c3cc(-c4ccc(CCCCCCCC)s4)c(-c4ccc(CCCCCCCC)s4)s3)sc2-c2ccc(CCCCCCCC)s2)s1. The Balaban J connectivity index is 0.923. The van der Waals surface area contributed by atoms with Crippen molar-refractivity contribution in [1.82, 2.24) is 0 Å². The molecule has 0 saturated carbocycles. The molecule has 15 heterocycles. The number of rotatable bonds is 72. The minimum absolute atomic E-state index is 0.328. The molecular formula is C124H158N2O4S15. The van der Waals surface area contributed by atoms with Gasteiger partial charge in [0.15, 0.2) is 0 Å². The predicted octanol–water partition coefficient (Wildman–Crippen LogP) is 49.0. The summed E-state index contributed by atoms with van der Waals surface area (Å²) in [7, 11) is 0. The first-order valence-electron chi connectivity index (χ1n) is 56.3. The summed E-state index contributed by atoms with van der Waals surface area (Å²) in [5, 5.41) is 29.9. The minimum Gasteiger partial charge on any atom is -0.258 e. The van der Waals surface area contributed by atoms with Crippen LogP contribution in [0.5, 0.6) is 0 Å². The first kappa shape index (κ1) is 113. The van der Waals surface area contributed by atoms with Crippen LogP contribution in [0.3, 0.4) is 0 Å². The van der Waals surface area contributed by atoms with Crippen LogP contribution in [0.4, 0.5) is 11.4 Å². The third kappa shape index (κ3) is 32.2. The Morgan fingerprint density at radius 1 is 0.159 bits per heavy atom. The lowest BCUT2D eigenvalue weighted by molar-refractivity contribution is -0.420. The maximum Gasteiger partial charge on any atom is 0.366 e. The molecule has 15 aromatic rings. The van der Waals surface area contributed by atoms with E-state index < -0.39 is 21.2 Å². The van der Waals surface area contributed by atoms with Crippen LogP contribution < -0.4 is 0 Å². The van der Waals surface area contributed by atoms with E-state index in [0.717, 1.165) is 91.8 Å². The van der Waals surface area contributed by atoms with E-state index in [2.05, 4.69) is 189 Å². The van der Waals surface area contributed by atoms with E-state index in [1.165, 1.54) is 439 Å². The first-order valence-corrected chi connectivity index (χ1v) is 68.5. The lowest BCUT2D eigenvalue weighted by Crippen LogP contribution is -1.95. The van der Waals surface area contributed by atoms with Crippen LogP contribution in [0, 0.1) is 20.2 Å². The van der Waals surface area contributed by atoms with Crippen LogP contribution in [0.2, 0.25) is 0 Å². The van der Waals surface area contributed by atoms with Gasteiger partial charge in [-0.3, -0.25) is 20.2 Å². The molecule has 21 heteroatoms. The van der Waals surface area contributed by atoms with Gasteiger partial charge in [-0.05, 0) is 236 Å². The summed E-state index contributed by atoms with van der Waals surface area (Å²) in [6, 6.07) is 52.4. The van der Waals surface area contributed by atoms with Gasteiger partial charge in [-0.25, -0.2) is 0 Å². The molecule has 15 rings (SSSR count). The van der Waals surface area contributed by atoms with Gasteiger partial charge in [-0.1, -0.05) is 312 Å². The number of nitrogens with zero attached hydrogens (tertiary/aromatic N) is 2. The predicted molar refractivity (Wildman–Crippen MR) is 661 cm³/mol. The second-order valence-electron chi connectivity index (χ2n) is 40.4. The zero-order valence-corrected chi connectivity index (χ0v) is 100. The lowest BCUT2D eigenvalue weighted by atomic mass is 10.1. The summed E-state index contributed by atoms with van der Waals surface area (Å²) in [5.74, 6) is 0. The molecule has 0 unspecified atom stereocenters. The van der Waals surface area contributed by atoms with Crippen LogP contribution in [-0.4, -0.2) is 9.85 Å². The number of thiophene rings is 15. The van der Waals surface area contributed by atoms with Crippen molar-refractivity contribution in [2.24, 2.45) is 0 Å². The third-order valence-corrected chi connectivity index (χ3v) is 47.3. The molecule has 6 nitrogen and oxygen atoms in total. The molecule has 0 atom stereocenters. The minimum atomic E-state index is -0.434. The molecule has 145 heavy (non-hydrogen) atoms. The normalized spacial score (nSPS) is 11.9. The average molecular weight is 2220 g/mol. The smallest absolute Gasteiger partial charge is 0.258 e. The molecule has 0 N–H and O–H groups in total. The Kier molecular flexibility index (Phi) is 47.4. The molecule has 0 bridgehead atoms. The second kappa shape index (κ2) is 60.7. The third-order valence-electron chi connectivity index (χ3n) is 28.5. The highest BCUT2D eigenvalue weighted by molar-refractivity contribution is 7.33. The average Bonchev–Trinajstić information content (AvgIpc) is 1.60. The van der Waals surface area contributed by atoms with Crippen LogP contribution in [0.1, 0.15) is 403 Å². The van der Waals surface area contributed by atoms with Gasteiger partial charge in [0, 0.05) is 131 Å². The van der Waals surface area contributed by atoms with Crippen LogP contribution >= 0.6 is 170 Å². The summed E-state index contributed by atoms with van der Waals surface area (Å²) in [6.07, 6.45) is 68.7. The summed E-state index contributed by atoms with van der Waals surface area (Å²) in [5.41, 5.74) is 6.07. The van der Waals surface area contributed by atoms with Gasteiger partial charge in [-0.15, -0.1) is 170 Å². The van der Waals surface area contributed by atoms with Crippen LogP contribution in [0.15, 0.2) is 133 Å². The quantitative estimate of drug-likeness (QED) is 0.0216. The van der Waals surface area contributed by atoms with Crippen molar-refractivity contribution in [2.45, 2.75) is 415 Å². The van der Waals surface area contributed by atoms with Crippen LogP contribution in [0.25, 0.3) is 141 Å². The molecule has 0 aliphatic rings. The van der Waals surface area contributed by atoms with Crippen molar-refractivity contribution in [3.8, 4) is 141 Å².